The number of piperazine rings is 1. The Morgan fingerprint density at radius 1 is 0.971 bits per heavy atom. The van der Waals surface area contributed by atoms with Gasteiger partial charge in [0.1, 0.15) is 18.0 Å². The summed E-state index contributed by atoms with van der Waals surface area (Å²) < 4.78 is 38.0. The summed E-state index contributed by atoms with van der Waals surface area (Å²) in [7, 11) is 0. The summed E-state index contributed by atoms with van der Waals surface area (Å²) in [6.45, 7) is 1.29. The maximum atomic E-state index is 13.4. The number of halogens is 2. The lowest BCUT2D eigenvalue weighted by atomic mass is 10.1. The maximum Gasteiger partial charge on any atom is 0.410 e. The van der Waals surface area contributed by atoms with Gasteiger partial charge in [-0.3, -0.25) is 4.79 Å². The minimum atomic E-state index is -2.72. The Bertz CT molecular complexity index is 1060. The summed E-state index contributed by atoms with van der Waals surface area (Å²) >= 11 is 0. The Hall–Kier alpha value is -3.43. The molecule has 1 aromatic carbocycles. The van der Waals surface area contributed by atoms with Crippen molar-refractivity contribution in [1.82, 2.24) is 14.8 Å². The third kappa shape index (κ3) is 5.63. The Kier molecular flexibility index (Phi) is 6.44. The van der Waals surface area contributed by atoms with E-state index in [0.717, 1.165) is 18.4 Å². The zero-order valence-corrected chi connectivity index (χ0v) is 19.4. The second-order valence-electron chi connectivity index (χ2n) is 9.31. The van der Waals surface area contributed by atoms with Gasteiger partial charge in [-0.2, -0.15) is 0 Å². The van der Waals surface area contributed by atoms with E-state index in [1.165, 1.54) is 4.90 Å². The number of pyridine rings is 1. The van der Waals surface area contributed by atoms with Crippen LogP contribution in [-0.4, -0.2) is 78.6 Å². The highest BCUT2D eigenvalue weighted by atomic mass is 19.3. The van der Waals surface area contributed by atoms with Crippen molar-refractivity contribution in [3.8, 4) is 5.88 Å². The molecule has 3 fully saturated rings. The molecule has 0 radical (unpaired) electrons. The van der Waals surface area contributed by atoms with Gasteiger partial charge in [-0.05, 0) is 36.5 Å². The number of aromatic nitrogens is 1. The van der Waals surface area contributed by atoms with E-state index in [9.17, 15) is 18.4 Å². The summed E-state index contributed by atoms with van der Waals surface area (Å²) in [5.41, 5.74) is 1.59. The number of nitrogens with zero attached hydrogens (tertiary/aromatic N) is 4. The van der Waals surface area contributed by atoms with Crippen molar-refractivity contribution in [3.63, 3.8) is 0 Å². The first-order valence-corrected chi connectivity index (χ1v) is 11.9. The average Bonchev–Trinajstić information content (AvgIpc) is 3.69. The van der Waals surface area contributed by atoms with Gasteiger partial charge in [-0.25, -0.2) is 18.6 Å². The summed E-state index contributed by atoms with van der Waals surface area (Å²) in [5.74, 6) is -2.32. The molecule has 8 nitrogen and oxygen atoms in total. The van der Waals surface area contributed by atoms with Crippen LogP contribution >= 0.6 is 0 Å². The fraction of sp³-hybridized carbons (Fsp3) is 0.480. The van der Waals surface area contributed by atoms with Crippen molar-refractivity contribution < 1.29 is 27.8 Å². The van der Waals surface area contributed by atoms with Gasteiger partial charge in [-0.1, -0.05) is 30.3 Å². The van der Waals surface area contributed by atoms with Gasteiger partial charge in [0.2, 0.25) is 5.88 Å². The lowest BCUT2D eigenvalue weighted by Gasteiger charge is -2.40. The predicted octanol–water partition coefficient (Wildman–Crippen LogP) is 3.42. The highest BCUT2D eigenvalue weighted by Gasteiger charge is 2.45. The third-order valence-electron chi connectivity index (χ3n) is 6.43. The van der Waals surface area contributed by atoms with E-state index >= 15 is 0 Å². The molecule has 2 aromatic rings. The maximum absolute atomic E-state index is 13.4. The second-order valence-corrected chi connectivity index (χ2v) is 9.31. The van der Waals surface area contributed by atoms with Crippen LogP contribution in [0.4, 0.5) is 19.3 Å². The van der Waals surface area contributed by atoms with E-state index in [-0.39, 0.29) is 37.2 Å². The number of carbonyl (C=O) groups excluding carboxylic acids is 2. The minimum Gasteiger partial charge on any atom is -0.476 e. The van der Waals surface area contributed by atoms with Crippen LogP contribution in [-0.2, 0) is 11.3 Å². The number of ether oxygens (including phenoxy) is 2. The van der Waals surface area contributed by atoms with Gasteiger partial charge >= 0.3 is 6.09 Å². The van der Waals surface area contributed by atoms with Crippen molar-refractivity contribution in [2.24, 2.45) is 5.92 Å². The molecule has 186 valence electrons. The molecule has 1 aromatic heterocycles. The summed E-state index contributed by atoms with van der Waals surface area (Å²) in [5, 5.41) is 0. The fourth-order valence-electron chi connectivity index (χ4n) is 4.13. The largest absolute Gasteiger partial charge is 0.476 e. The zero-order valence-electron chi connectivity index (χ0n) is 19.4. The van der Waals surface area contributed by atoms with Crippen LogP contribution in [0.25, 0.3) is 0 Å². The van der Waals surface area contributed by atoms with Crippen LogP contribution in [0.5, 0.6) is 5.88 Å². The lowest BCUT2D eigenvalue weighted by Crippen LogP contribution is -2.56. The molecule has 35 heavy (non-hydrogen) atoms. The monoisotopic (exact) mass is 486 g/mol. The zero-order chi connectivity index (χ0) is 24.4. The molecule has 2 saturated heterocycles. The molecule has 0 spiro atoms. The summed E-state index contributed by atoms with van der Waals surface area (Å²) in [6.07, 6.45) is 1.74. The Balaban J connectivity index is 1.18. The van der Waals surface area contributed by atoms with Crippen molar-refractivity contribution in [3.05, 3.63) is 53.7 Å². The van der Waals surface area contributed by atoms with Crippen LogP contribution in [0.2, 0.25) is 0 Å². The highest BCUT2D eigenvalue weighted by Crippen LogP contribution is 2.38. The molecule has 0 N–H and O–H groups in total. The molecule has 10 heteroatoms. The first kappa shape index (κ1) is 23.3. The third-order valence-corrected chi connectivity index (χ3v) is 6.43. The summed E-state index contributed by atoms with van der Waals surface area (Å²) in [4.78, 5) is 34.6. The molecule has 5 rings (SSSR count). The molecule has 2 amide bonds. The molecule has 1 saturated carbocycles. The van der Waals surface area contributed by atoms with Crippen LogP contribution in [0.15, 0.2) is 42.5 Å². The Morgan fingerprint density at radius 2 is 1.66 bits per heavy atom. The number of rotatable bonds is 7. The van der Waals surface area contributed by atoms with Crippen LogP contribution in [0.1, 0.15) is 28.9 Å². The minimum absolute atomic E-state index is 0.196. The number of alkyl halides is 2. The molecule has 3 aliphatic rings. The second kappa shape index (κ2) is 9.67. The van der Waals surface area contributed by atoms with E-state index < -0.39 is 12.0 Å². The molecular weight excluding hydrogens is 458 g/mol. The van der Waals surface area contributed by atoms with E-state index in [2.05, 4.69) is 4.98 Å². The number of hydrogen-bond acceptors (Lipinski definition) is 6. The highest BCUT2D eigenvalue weighted by molar-refractivity contribution is 5.93. The standard InChI is InChI=1S/C25H28F2N4O4/c26-25(27)16-31(17-25)21-9-8-20(28-22(21)34-14-19-6-7-19)23(32)29-10-12-30(13-11-29)24(33)35-15-18-4-2-1-3-5-18/h1-5,8-9,19H,6-7,10-17H2. The summed E-state index contributed by atoms with van der Waals surface area (Å²) in [6, 6.07) is 12.6. The SMILES string of the molecule is O=C(OCc1ccccc1)N1CCN(C(=O)c2ccc(N3CC(F)(F)C3)c(OCC3CC3)n2)CC1. The van der Waals surface area contributed by atoms with Crippen LogP contribution in [0.3, 0.4) is 0 Å². The number of anilines is 1. The van der Waals surface area contributed by atoms with Gasteiger partial charge in [0, 0.05) is 26.2 Å². The molecule has 0 unspecified atom stereocenters. The molecule has 3 heterocycles. The number of hydrogen-bond donors (Lipinski definition) is 0. The van der Waals surface area contributed by atoms with Crippen LogP contribution in [0, 0.1) is 5.92 Å². The lowest BCUT2D eigenvalue weighted by molar-refractivity contribution is -0.0265. The fourth-order valence-corrected chi connectivity index (χ4v) is 4.13. The first-order valence-electron chi connectivity index (χ1n) is 11.9. The first-order chi connectivity index (χ1) is 16.9. The van der Waals surface area contributed by atoms with E-state index in [4.69, 9.17) is 9.47 Å². The van der Waals surface area contributed by atoms with Crippen molar-refractivity contribution in [2.75, 3.05) is 50.8 Å². The normalized spacial score (nSPS) is 19.2. The molecule has 0 bridgehead atoms. The van der Waals surface area contributed by atoms with Gasteiger partial charge in [0.25, 0.3) is 11.8 Å². The van der Waals surface area contributed by atoms with Crippen molar-refractivity contribution in [2.45, 2.75) is 25.4 Å². The smallest absolute Gasteiger partial charge is 0.410 e. The van der Waals surface area contributed by atoms with Gasteiger partial charge < -0.3 is 24.2 Å². The predicted molar refractivity (Wildman–Crippen MR) is 124 cm³/mol. The number of carbonyl (C=O) groups is 2. The van der Waals surface area contributed by atoms with E-state index in [0.29, 0.717) is 44.4 Å². The Morgan fingerprint density at radius 3 is 2.31 bits per heavy atom. The molecular formula is C25H28F2N4O4. The molecule has 0 atom stereocenters. The number of amides is 2. The van der Waals surface area contributed by atoms with Crippen LogP contribution < -0.4 is 9.64 Å². The quantitative estimate of drug-likeness (QED) is 0.597. The van der Waals surface area contributed by atoms with Gasteiger partial charge in [-0.15, -0.1) is 0 Å². The van der Waals surface area contributed by atoms with Gasteiger partial charge in [0.15, 0.2) is 0 Å². The number of benzene rings is 1. The molecule has 2 aliphatic heterocycles. The molecule has 1 aliphatic carbocycles. The Labute approximate surface area is 202 Å². The van der Waals surface area contributed by atoms with Gasteiger partial charge in [0.05, 0.1) is 19.7 Å². The van der Waals surface area contributed by atoms with E-state index in [1.807, 2.05) is 30.3 Å². The average molecular weight is 487 g/mol. The van der Waals surface area contributed by atoms with Crippen molar-refractivity contribution in [1.29, 1.82) is 0 Å². The topological polar surface area (TPSA) is 75.2 Å². The van der Waals surface area contributed by atoms with E-state index in [1.54, 1.807) is 21.9 Å². The van der Waals surface area contributed by atoms with Crippen molar-refractivity contribution >= 4 is 17.7 Å².